The molecule has 26 heavy (non-hydrogen) atoms. The van der Waals surface area contributed by atoms with Gasteiger partial charge in [0.25, 0.3) is 0 Å². The third kappa shape index (κ3) is 5.86. The van der Waals surface area contributed by atoms with Gasteiger partial charge in [0.15, 0.2) is 0 Å². The minimum Gasteiger partial charge on any atom is -0.242 e. The summed E-state index contributed by atoms with van der Waals surface area (Å²) in [4.78, 5) is 6.57. The Morgan fingerprint density at radius 1 is 0.731 bits per heavy atom. The van der Waals surface area contributed by atoms with Gasteiger partial charge in [-0.15, -0.1) is 0 Å². The van der Waals surface area contributed by atoms with Gasteiger partial charge in [-0.2, -0.15) is 0 Å². The van der Waals surface area contributed by atoms with E-state index in [1.807, 2.05) is 41.8 Å². The average molecular weight is 383 g/mol. The molecular weight excluding hydrogens is 368 g/mol. The SMILES string of the molecule is Fc1ccc(N=C(C=CSc2ccccc2)Sc2ccc(F)cc2)cc1. The van der Waals surface area contributed by atoms with Crippen molar-refractivity contribution < 1.29 is 8.78 Å². The van der Waals surface area contributed by atoms with Crippen LogP contribution < -0.4 is 0 Å². The first kappa shape index (κ1) is 18.4. The van der Waals surface area contributed by atoms with Crippen molar-refractivity contribution in [2.75, 3.05) is 0 Å². The summed E-state index contributed by atoms with van der Waals surface area (Å²) in [6.07, 6.45) is 1.90. The van der Waals surface area contributed by atoms with Crippen LogP contribution in [-0.4, -0.2) is 5.04 Å². The molecule has 0 amide bonds. The van der Waals surface area contributed by atoms with Crippen LogP contribution in [-0.2, 0) is 0 Å². The standard InChI is InChI=1S/C21H15F2NS2/c22-16-6-10-18(11-7-16)24-21(26-20-12-8-17(23)9-13-20)14-15-25-19-4-2-1-3-5-19/h1-15H. The first-order chi connectivity index (χ1) is 12.7. The van der Waals surface area contributed by atoms with E-state index in [-0.39, 0.29) is 11.6 Å². The zero-order chi connectivity index (χ0) is 18.2. The Morgan fingerprint density at radius 3 is 2.00 bits per heavy atom. The van der Waals surface area contributed by atoms with Gasteiger partial charge in [0.1, 0.15) is 16.7 Å². The molecule has 3 aromatic carbocycles. The maximum Gasteiger partial charge on any atom is 0.123 e. The molecule has 0 bridgehead atoms. The van der Waals surface area contributed by atoms with E-state index in [2.05, 4.69) is 4.99 Å². The zero-order valence-corrected chi connectivity index (χ0v) is 15.3. The average Bonchev–Trinajstić information content (AvgIpc) is 2.66. The molecule has 0 aliphatic carbocycles. The van der Waals surface area contributed by atoms with E-state index in [1.165, 1.54) is 36.0 Å². The maximum atomic E-state index is 13.1. The summed E-state index contributed by atoms with van der Waals surface area (Å²) in [7, 11) is 0. The fourth-order valence-electron chi connectivity index (χ4n) is 2.03. The Bertz CT molecular complexity index is 890. The third-order valence-electron chi connectivity index (χ3n) is 3.26. The second-order valence-corrected chi connectivity index (χ2v) is 7.29. The van der Waals surface area contributed by atoms with E-state index in [4.69, 9.17) is 0 Å². The van der Waals surface area contributed by atoms with Gasteiger partial charge in [-0.1, -0.05) is 41.7 Å². The molecule has 0 aliphatic heterocycles. The normalized spacial score (nSPS) is 11.8. The Morgan fingerprint density at radius 2 is 1.35 bits per heavy atom. The summed E-state index contributed by atoms with van der Waals surface area (Å²) in [6, 6.07) is 22.2. The lowest BCUT2D eigenvalue weighted by atomic mass is 10.3. The fraction of sp³-hybridized carbons (Fsp3) is 0. The van der Waals surface area contributed by atoms with Gasteiger partial charge in [0.2, 0.25) is 0 Å². The largest absolute Gasteiger partial charge is 0.242 e. The molecule has 0 aliphatic rings. The van der Waals surface area contributed by atoms with Gasteiger partial charge in [-0.05, 0) is 72.1 Å². The van der Waals surface area contributed by atoms with Crippen molar-refractivity contribution in [2.45, 2.75) is 9.79 Å². The first-order valence-electron chi connectivity index (χ1n) is 7.85. The molecular formula is C21H15F2NS2. The van der Waals surface area contributed by atoms with E-state index < -0.39 is 0 Å². The minimum absolute atomic E-state index is 0.276. The Labute approximate surface area is 159 Å². The summed E-state index contributed by atoms with van der Waals surface area (Å²) in [5.74, 6) is -0.576. The van der Waals surface area contributed by atoms with Crippen molar-refractivity contribution >= 4 is 34.3 Å². The monoisotopic (exact) mass is 383 g/mol. The number of thioether (sulfide) groups is 2. The van der Waals surface area contributed by atoms with E-state index in [0.29, 0.717) is 5.69 Å². The highest BCUT2D eigenvalue weighted by Crippen LogP contribution is 2.26. The molecule has 0 fully saturated rings. The highest BCUT2D eigenvalue weighted by atomic mass is 32.2. The van der Waals surface area contributed by atoms with Crippen LogP contribution >= 0.6 is 23.5 Å². The summed E-state index contributed by atoms with van der Waals surface area (Å²) in [6.45, 7) is 0. The number of rotatable bonds is 5. The van der Waals surface area contributed by atoms with Gasteiger partial charge >= 0.3 is 0 Å². The quantitative estimate of drug-likeness (QED) is 0.265. The highest BCUT2D eigenvalue weighted by Gasteiger charge is 2.02. The number of nitrogens with zero attached hydrogens (tertiary/aromatic N) is 1. The predicted molar refractivity (Wildman–Crippen MR) is 107 cm³/mol. The third-order valence-corrected chi connectivity index (χ3v) is 5.02. The summed E-state index contributed by atoms with van der Waals surface area (Å²) in [5, 5.41) is 2.68. The number of benzene rings is 3. The van der Waals surface area contributed by atoms with Crippen LogP contribution in [0, 0.1) is 11.6 Å². The molecule has 1 nitrogen and oxygen atoms in total. The molecule has 0 aromatic heterocycles. The molecule has 0 spiro atoms. The minimum atomic E-state index is -0.299. The Kier molecular flexibility index (Phi) is 6.63. The summed E-state index contributed by atoms with van der Waals surface area (Å²) >= 11 is 3.00. The van der Waals surface area contributed by atoms with Crippen molar-refractivity contribution in [3.05, 3.63) is 102 Å². The lowest BCUT2D eigenvalue weighted by Crippen LogP contribution is -1.87. The highest BCUT2D eigenvalue weighted by molar-refractivity contribution is 8.14. The van der Waals surface area contributed by atoms with E-state index in [9.17, 15) is 8.78 Å². The molecule has 0 radical (unpaired) electrons. The molecule has 130 valence electrons. The molecule has 0 unspecified atom stereocenters. The Hall–Kier alpha value is -2.37. The number of aliphatic imine (C=N–C) groups is 1. The molecule has 3 aromatic rings. The fourth-order valence-corrected chi connectivity index (χ4v) is 3.59. The van der Waals surface area contributed by atoms with Crippen molar-refractivity contribution in [1.29, 1.82) is 0 Å². The molecule has 0 heterocycles. The van der Waals surface area contributed by atoms with Crippen LogP contribution in [0.2, 0.25) is 0 Å². The summed E-state index contributed by atoms with van der Waals surface area (Å²) in [5.41, 5.74) is 0.658. The van der Waals surface area contributed by atoms with Gasteiger partial charge in [-0.3, -0.25) is 0 Å². The predicted octanol–water partition coefficient (Wildman–Crippen LogP) is 7.09. The smallest absolute Gasteiger partial charge is 0.123 e. The topological polar surface area (TPSA) is 12.4 Å². The summed E-state index contributed by atoms with van der Waals surface area (Å²) < 4.78 is 26.2. The second kappa shape index (κ2) is 9.36. The van der Waals surface area contributed by atoms with Gasteiger partial charge in [0, 0.05) is 9.79 Å². The molecule has 0 saturated carbocycles. The van der Waals surface area contributed by atoms with Crippen molar-refractivity contribution in [3.63, 3.8) is 0 Å². The van der Waals surface area contributed by atoms with Gasteiger partial charge < -0.3 is 0 Å². The van der Waals surface area contributed by atoms with Crippen LogP contribution in [0.4, 0.5) is 14.5 Å². The lowest BCUT2D eigenvalue weighted by molar-refractivity contribution is 0.626. The zero-order valence-electron chi connectivity index (χ0n) is 13.7. The number of hydrogen-bond donors (Lipinski definition) is 0. The van der Waals surface area contributed by atoms with Crippen LogP contribution in [0.3, 0.4) is 0 Å². The second-order valence-electron chi connectivity index (χ2n) is 5.22. The van der Waals surface area contributed by atoms with Crippen LogP contribution in [0.25, 0.3) is 0 Å². The lowest BCUT2D eigenvalue weighted by Gasteiger charge is -2.03. The molecule has 0 N–H and O–H groups in total. The van der Waals surface area contributed by atoms with Crippen molar-refractivity contribution in [2.24, 2.45) is 4.99 Å². The van der Waals surface area contributed by atoms with E-state index in [1.54, 1.807) is 36.0 Å². The van der Waals surface area contributed by atoms with Gasteiger partial charge in [0.05, 0.1) is 5.69 Å². The van der Waals surface area contributed by atoms with Crippen LogP contribution in [0.5, 0.6) is 0 Å². The molecule has 0 atom stereocenters. The maximum absolute atomic E-state index is 13.1. The Balaban J connectivity index is 1.80. The van der Waals surface area contributed by atoms with Crippen LogP contribution in [0.1, 0.15) is 0 Å². The number of hydrogen-bond acceptors (Lipinski definition) is 3. The molecule has 5 heteroatoms. The first-order valence-corrected chi connectivity index (χ1v) is 9.54. The molecule has 3 rings (SSSR count). The van der Waals surface area contributed by atoms with Crippen molar-refractivity contribution in [3.8, 4) is 0 Å². The van der Waals surface area contributed by atoms with Crippen LogP contribution in [0.15, 0.2) is 105 Å². The van der Waals surface area contributed by atoms with E-state index >= 15 is 0 Å². The molecule has 0 saturated heterocycles. The van der Waals surface area contributed by atoms with Crippen molar-refractivity contribution in [1.82, 2.24) is 0 Å². The van der Waals surface area contributed by atoms with E-state index in [0.717, 1.165) is 14.8 Å². The van der Waals surface area contributed by atoms with Gasteiger partial charge in [-0.25, -0.2) is 13.8 Å². The number of halogens is 2.